The number of likely N-dealkylation sites (N-methyl/N-ethyl adjacent to an activating group) is 1. The predicted octanol–water partition coefficient (Wildman–Crippen LogP) is 1.44. The third kappa shape index (κ3) is 2.40. The van der Waals surface area contributed by atoms with Gasteiger partial charge in [0.15, 0.2) is 5.82 Å². The number of ether oxygens (including phenoxy) is 1. The van der Waals surface area contributed by atoms with Gasteiger partial charge in [-0.25, -0.2) is 4.98 Å². The fraction of sp³-hybridized carbons (Fsp3) is 0.615. The summed E-state index contributed by atoms with van der Waals surface area (Å²) in [4.78, 5) is 6.54. The van der Waals surface area contributed by atoms with Gasteiger partial charge in [0.2, 0.25) is 5.65 Å². The second kappa shape index (κ2) is 5.13. The van der Waals surface area contributed by atoms with Crippen LogP contribution < -0.4 is 4.90 Å². The number of aromatic nitrogens is 4. The molecule has 6 nitrogen and oxygen atoms in total. The van der Waals surface area contributed by atoms with Crippen molar-refractivity contribution in [1.29, 1.82) is 0 Å². The van der Waals surface area contributed by atoms with Crippen LogP contribution in [0.2, 0.25) is 0 Å². The van der Waals surface area contributed by atoms with Crippen LogP contribution in [-0.2, 0) is 4.74 Å². The lowest BCUT2D eigenvalue weighted by Crippen LogP contribution is -2.34. The van der Waals surface area contributed by atoms with Crippen LogP contribution in [0.3, 0.4) is 0 Å². The lowest BCUT2D eigenvalue weighted by atomic mass is 10.1. The molecule has 1 fully saturated rings. The van der Waals surface area contributed by atoms with E-state index in [-0.39, 0.29) is 0 Å². The van der Waals surface area contributed by atoms with Crippen LogP contribution >= 0.6 is 0 Å². The molecule has 1 saturated heterocycles. The third-order valence-corrected chi connectivity index (χ3v) is 3.59. The Morgan fingerprint density at radius 2 is 2.32 bits per heavy atom. The molecule has 1 atom stereocenters. The van der Waals surface area contributed by atoms with Gasteiger partial charge in [0.25, 0.3) is 0 Å². The summed E-state index contributed by atoms with van der Waals surface area (Å²) < 4.78 is 7.73. The molecule has 1 aliphatic heterocycles. The van der Waals surface area contributed by atoms with E-state index in [1.54, 1.807) is 6.20 Å². The Bertz CT molecular complexity index is 561. The van der Waals surface area contributed by atoms with Crippen LogP contribution in [0.4, 0.5) is 5.82 Å². The summed E-state index contributed by atoms with van der Waals surface area (Å²) in [6.45, 7) is 3.66. The highest BCUT2D eigenvalue weighted by Gasteiger charge is 2.19. The van der Waals surface area contributed by atoms with Crippen LogP contribution in [0, 0.1) is 6.92 Å². The first-order valence-electron chi connectivity index (χ1n) is 6.75. The van der Waals surface area contributed by atoms with E-state index in [2.05, 4.69) is 20.1 Å². The van der Waals surface area contributed by atoms with E-state index in [0.29, 0.717) is 6.10 Å². The van der Waals surface area contributed by atoms with Gasteiger partial charge >= 0.3 is 0 Å². The number of hydrogen-bond acceptors (Lipinski definition) is 5. The Kier molecular flexibility index (Phi) is 3.33. The minimum atomic E-state index is 0.296. The van der Waals surface area contributed by atoms with Gasteiger partial charge in [-0.2, -0.15) is 0 Å². The molecule has 0 aliphatic carbocycles. The maximum absolute atomic E-state index is 5.78. The first-order valence-corrected chi connectivity index (χ1v) is 6.75. The molecule has 0 spiro atoms. The van der Waals surface area contributed by atoms with E-state index in [0.717, 1.165) is 36.9 Å². The molecule has 19 heavy (non-hydrogen) atoms. The molecule has 0 saturated carbocycles. The Balaban J connectivity index is 1.82. The molecular formula is C13H19N5O. The summed E-state index contributed by atoms with van der Waals surface area (Å²) in [5.74, 6) is 1.73. The van der Waals surface area contributed by atoms with Crippen molar-refractivity contribution in [1.82, 2.24) is 19.6 Å². The maximum Gasteiger partial charge on any atom is 0.203 e. The summed E-state index contributed by atoms with van der Waals surface area (Å²) in [5.41, 5.74) is 0.804. The topological polar surface area (TPSA) is 55.5 Å². The first-order chi connectivity index (χ1) is 9.25. The average Bonchev–Trinajstić information content (AvgIpc) is 2.82. The van der Waals surface area contributed by atoms with E-state index in [9.17, 15) is 0 Å². The zero-order valence-electron chi connectivity index (χ0n) is 11.4. The molecule has 0 N–H and O–H groups in total. The molecule has 2 aromatic heterocycles. The first kappa shape index (κ1) is 12.3. The van der Waals surface area contributed by atoms with Gasteiger partial charge in [0, 0.05) is 32.6 Å². The van der Waals surface area contributed by atoms with E-state index in [1.807, 2.05) is 24.6 Å². The molecular weight excluding hydrogens is 242 g/mol. The second-order valence-corrected chi connectivity index (χ2v) is 5.06. The van der Waals surface area contributed by atoms with Gasteiger partial charge in [-0.05, 0) is 26.2 Å². The molecule has 1 aliphatic rings. The Hall–Kier alpha value is -1.69. The zero-order chi connectivity index (χ0) is 13.2. The SMILES string of the molecule is Cc1nnc2c(N(C)CC3CCCCO3)nccn12. The Morgan fingerprint density at radius 1 is 1.42 bits per heavy atom. The molecule has 2 aromatic rings. The number of anilines is 1. The van der Waals surface area contributed by atoms with E-state index in [4.69, 9.17) is 4.74 Å². The van der Waals surface area contributed by atoms with Crippen molar-refractivity contribution in [3.63, 3.8) is 0 Å². The van der Waals surface area contributed by atoms with Gasteiger partial charge in [-0.3, -0.25) is 4.40 Å². The molecule has 0 radical (unpaired) electrons. The monoisotopic (exact) mass is 261 g/mol. The highest BCUT2D eigenvalue weighted by Crippen LogP contribution is 2.19. The van der Waals surface area contributed by atoms with Gasteiger partial charge in [-0.15, -0.1) is 10.2 Å². The Morgan fingerprint density at radius 3 is 3.11 bits per heavy atom. The maximum atomic E-state index is 5.78. The van der Waals surface area contributed by atoms with Gasteiger partial charge in [0.1, 0.15) is 5.82 Å². The normalized spacial score (nSPS) is 19.8. The third-order valence-electron chi connectivity index (χ3n) is 3.59. The van der Waals surface area contributed by atoms with Crippen LogP contribution in [0.5, 0.6) is 0 Å². The van der Waals surface area contributed by atoms with Crippen molar-refractivity contribution in [3.05, 3.63) is 18.2 Å². The number of hydrogen-bond donors (Lipinski definition) is 0. The molecule has 0 amide bonds. The molecule has 3 heterocycles. The fourth-order valence-corrected chi connectivity index (χ4v) is 2.54. The fourth-order valence-electron chi connectivity index (χ4n) is 2.54. The van der Waals surface area contributed by atoms with Crippen molar-refractivity contribution < 1.29 is 4.74 Å². The largest absolute Gasteiger partial charge is 0.376 e. The minimum Gasteiger partial charge on any atom is -0.376 e. The standard InChI is InChI=1S/C13H19N5O/c1-10-15-16-13-12(14-6-7-18(10)13)17(2)9-11-5-3-4-8-19-11/h6-7,11H,3-5,8-9H2,1-2H3. The number of aryl methyl sites for hydroxylation is 1. The molecule has 1 unspecified atom stereocenters. The van der Waals surface area contributed by atoms with E-state index < -0.39 is 0 Å². The van der Waals surface area contributed by atoms with Crippen molar-refractivity contribution >= 4 is 11.5 Å². The van der Waals surface area contributed by atoms with Gasteiger partial charge in [-0.1, -0.05) is 0 Å². The lowest BCUT2D eigenvalue weighted by Gasteiger charge is -2.27. The second-order valence-electron chi connectivity index (χ2n) is 5.06. The van der Waals surface area contributed by atoms with Crippen molar-refractivity contribution in [2.75, 3.05) is 25.1 Å². The van der Waals surface area contributed by atoms with E-state index in [1.165, 1.54) is 12.8 Å². The summed E-state index contributed by atoms with van der Waals surface area (Å²) in [7, 11) is 2.03. The smallest absolute Gasteiger partial charge is 0.203 e. The summed E-state index contributed by atoms with van der Waals surface area (Å²) in [5, 5.41) is 8.30. The quantitative estimate of drug-likeness (QED) is 0.836. The molecule has 3 rings (SSSR count). The van der Waals surface area contributed by atoms with Crippen LogP contribution in [0.1, 0.15) is 25.1 Å². The summed E-state index contributed by atoms with van der Waals surface area (Å²) in [6, 6.07) is 0. The van der Waals surface area contributed by atoms with Crippen molar-refractivity contribution in [3.8, 4) is 0 Å². The van der Waals surface area contributed by atoms with Crippen LogP contribution in [0.25, 0.3) is 5.65 Å². The molecule has 6 heteroatoms. The minimum absolute atomic E-state index is 0.296. The number of fused-ring (bicyclic) bond motifs is 1. The number of nitrogens with zero attached hydrogens (tertiary/aromatic N) is 5. The van der Waals surface area contributed by atoms with Crippen molar-refractivity contribution in [2.45, 2.75) is 32.3 Å². The summed E-state index contributed by atoms with van der Waals surface area (Å²) in [6.07, 6.45) is 7.53. The predicted molar refractivity (Wildman–Crippen MR) is 72.4 cm³/mol. The summed E-state index contributed by atoms with van der Waals surface area (Å²) >= 11 is 0. The van der Waals surface area contributed by atoms with Crippen LogP contribution in [0.15, 0.2) is 12.4 Å². The van der Waals surface area contributed by atoms with Gasteiger partial charge < -0.3 is 9.64 Å². The van der Waals surface area contributed by atoms with Crippen LogP contribution in [-0.4, -0.2) is 45.9 Å². The molecule has 0 bridgehead atoms. The molecule has 0 aromatic carbocycles. The zero-order valence-corrected chi connectivity index (χ0v) is 11.4. The highest BCUT2D eigenvalue weighted by atomic mass is 16.5. The Labute approximate surface area is 112 Å². The van der Waals surface area contributed by atoms with Crippen molar-refractivity contribution in [2.24, 2.45) is 0 Å². The molecule has 102 valence electrons. The van der Waals surface area contributed by atoms with Gasteiger partial charge in [0.05, 0.1) is 6.10 Å². The lowest BCUT2D eigenvalue weighted by molar-refractivity contribution is 0.0215. The highest BCUT2D eigenvalue weighted by molar-refractivity contribution is 5.63. The average molecular weight is 261 g/mol. The number of rotatable bonds is 3. The van der Waals surface area contributed by atoms with E-state index >= 15 is 0 Å².